The van der Waals surface area contributed by atoms with E-state index in [1.165, 1.54) is 23.0 Å². The SMILES string of the molecule is Cc1ccc(Nc2cc(F)cc(F)c2)cc1-n1cnc2ccc(N3CCN(C)CC3)cc2c1=O. The van der Waals surface area contributed by atoms with Crippen molar-refractivity contribution in [2.75, 3.05) is 43.4 Å². The van der Waals surface area contributed by atoms with Crippen LogP contribution in [0.15, 0.2) is 65.7 Å². The molecule has 0 unspecified atom stereocenters. The number of nitrogens with zero attached hydrogens (tertiary/aromatic N) is 4. The van der Waals surface area contributed by atoms with Gasteiger partial charge >= 0.3 is 0 Å². The number of likely N-dealkylation sites (N-methyl/N-ethyl adjacent to an activating group) is 1. The highest BCUT2D eigenvalue weighted by atomic mass is 19.1. The molecule has 0 spiro atoms. The fraction of sp³-hybridized carbons (Fsp3) is 0.231. The van der Waals surface area contributed by atoms with Crippen LogP contribution in [-0.2, 0) is 0 Å². The first-order valence-corrected chi connectivity index (χ1v) is 11.2. The maximum absolute atomic E-state index is 13.6. The van der Waals surface area contributed by atoms with Crippen molar-refractivity contribution in [1.82, 2.24) is 14.5 Å². The summed E-state index contributed by atoms with van der Waals surface area (Å²) in [5, 5.41) is 3.55. The van der Waals surface area contributed by atoms with Crippen molar-refractivity contribution in [2.45, 2.75) is 6.92 Å². The van der Waals surface area contributed by atoms with Crippen molar-refractivity contribution < 1.29 is 8.78 Å². The molecule has 174 valence electrons. The Kier molecular flexibility index (Phi) is 5.75. The smallest absolute Gasteiger partial charge is 0.265 e. The minimum atomic E-state index is -0.666. The van der Waals surface area contributed by atoms with Gasteiger partial charge in [-0.25, -0.2) is 13.8 Å². The Morgan fingerprint density at radius 2 is 1.62 bits per heavy atom. The van der Waals surface area contributed by atoms with Crippen molar-refractivity contribution >= 4 is 28.0 Å². The maximum atomic E-state index is 13.6. The lowest BCUT2D eigenvalue weighted by Crippen LogP contribution is -2.44. The third-order valence-electron chi connectivity index (χ3n) is 6.23. The van der Waals surface area contributed by atoms with E-state index in [0.29, 0.717) is 22.3 Å². The number of anilines is 3. The molecule has 0 bridgehead atoms. The molecule has 1 aliphatic rings. The Bertz CT molecular complexity index is 1410. The standard InChI is InChI=1S/C26H25F2N5O/c1-17-3-4-20(30-21-12-18(27)11-19(28)13-21)14-25(17)33-16-29-24-6-5-22(15-23(24)26(33)34)32-9-7-31(2)8-10-32/h3-6,11-16,30H,7-10H2,1-2H3. The van der Waals surface area contributed by atoms with Crippen LogP contribution in [0.25, 0.3) is 16.6 Å². The summed E-state index contributed by atoms with van der Waals surface area (Å²) in [7, 11) is 2.11. The van der Waals surface area contributed by atoms with Gasteiger partial charge in [-0.3, -0.25) is 9.36 Å². The molecule has 1 fully saturated rings. The molecule has 1 saturated heterocycles. The molecule has 1 aliphatic heterocycles. The van der Waals surface area contributed by atoms with E-state index in [1.807, 2.05) is 31.2 Å². The van der Waals surface area contributed by atoms with Crippen LogP contribution in [0.1, 0.15) is 5.56 Å². The van der Waals surface area contributed by atoms with Crippen LogP contribution in [-0.4, -0.2) is 47.7 Å². The van der Waals surface area contributed by atoms with Crippen LogP contribution >= 0.6 is 0 Å². The number of hydrogen-bond donors (Lipinski definition) is 1. The topological polar surface area (TPSA) is 53.4 Å². The monoisotopic (exact) mass is 461 g/mol. The minimum absolute atomic E-state index is 0.168. The highest BCUT2D eigenvalue weighted by Crippen LogP contribution is 2.25. The maximum Gasteiger partial charge on any atom is 0.265 e. The Labute approximate surface area is 196 Å². The molecule has 4 aromatic rings. The second-order valence-electron chi connectivity index (χ2n) is 8.70. The van der Waals surface area contributed by atoms with Crippen LogP contribution in [0.2, 0.25) is 0 Å². The molecule has 0 atom stereocenters. The Morgan fingerprint density at radius 3 is 2.35 bits per heavy atom. The van der Waals surface area contributed by atoms with E-state index in [9.17, 15) is 13.6 Å². The Hall–Kier alpha value is -3.78. The van der Waals surface area contributed by atoms with Gasteiger partial charge in [-0.2, -0.15) is 0 Å². The van der Waals surface area contributed by atoms with Crippen molar-refractivity contribution in [2.24, 2.45) is 0 Å². The summed E-state index contributed by atoms with van der Waals surface area (Å²) in [6.07, 6.45) is 1.52. The van der Waals surface area contributed by atoms with Gasteiger partial charge in [0.25, 0.3) is 5.56 Å². The number of fused-ring (bicyclic) bond motifs is 1. The van der Waals surface area contributed by atoms with Crippen LogP contribution in [0.3, 0.4) is 0 Å². The number of aryl methyl sites for hydroxylation is 1. The molecule has 6 nitrogen and oxygen atoms in total. The largest absolute Gasteiger partial charge is 0.369 e. The number of hydrogen-bond acceptors (Lipinski definition) is 5. The first-order valence-electron chi connectivity index (χ1n) is 11.2. The predicted molar refractivity (Wildman–Crippen MR) is 131 cm³/mol. The van der Waals surface area contributed by atoms with Crippen LogP contribution in [0.4, 0.5) is 25.8 Å². The van der Waals surface area contributed by atoms with Gasteiger partial charge in [-0.15, -0.1) is 0 Å². The normalized spacial score (nSPS) is 14.5. The molecule has 8 heteroatoms. The first-order chi connectivity index (χ1) is 16.4. The second-order valence-corrected chi connectivity index (χ2v) is 8.70. The average Bonchev–Trinajstić information content (AvgIpc) is 2.81. The van der Waals surface area contributed by atoms with Gasteiger partial charge in [0, 0.05) is 49.3 Å². The van der Waals surface area contributed by atoms with E-state index >= 15 is 0 Å². The number of aromatic nitrogens is 2. The van der Waals surface area contributed by atoms with Gasteiger partial charge in [0.1, 0.15) is 18.0 Å². The predicted octanol–water partition coefficient (Wildman–Crippen LogP) is 4.47. The summed E-state index contributed by atoms with van der Waals surface area (Å²) in [4.78, 5) is 22.6. The van der Waals surface area contributed by atoms with Crippen LogP contribution in [0.5, 0.6) is 0 Å². The third-order valence-corrected chi connectivity index (χ3v) is 6.23. The quantitative estimate of drug-likeness (QED) is 0.486. The lowest BCUT2D eigenvalue weighted by atomic mass is 10.1. The number of piperazine rings is 1. The van der Waals surface area contributed by atoms with E-state index in [-0.39, 0.29) is 11.2 Å². The second kappa shape index (κ2) is 8.87. The van der Waals surface area contributed by atoms with Gasteiger partial charge in [-0.05, 0) is 62.0 Å². The molecular weight excluding hydrogens is 436 g/mol. The third kappa shape index (κ3) is 4.36. The lowest BCUT2D eigenvalue weighted by Gasteiger charge is -2.34. The highest BCUT2D eigenvalue weighted by molar-refractivity contribution is 5.82. The number of halogens is 2. The fourth-order valence-electron chi connectivity index (χ4n) is 4.28. The minimum Gasteiger partial charge on any atom is -0.369 e. The average molecular weight is 462 g/mol. The van der Waals surface area contributed by atoms with E-state index in [0.717, 1.165) is 43.5 Å². The van der Waals surface area contributed by atoms with Gasteiger partial charge in [-0.1, -0.05) is 6.07 Å². The van der Waals surface area contributed by atoms with Gasteiger partial charge < -0.3 is 15.1 Å². The zero-order valence-electron chi connectivity index (χ0n) is 19.1. The highest BCUT2D eigenvalue weighted by Gasteiger charge is 2.16. The fourth-order valence-corrected chi connectivity index (χ4v) is 4.28. The molecule has 3 aromatic carbocycles. The van der Waals surface area contributed by atoms with Crippen molar-refractivity contribution in [3.63, 3.8) is 0 Å². The lowest BCUT2D eigenvalue weighted by molar-refractivity contribution is 0.313. The Morgan fingerprint density at radius 1 is 0.882 bits per heavy atom. The zero-order chi connectivity index (χ0) is 23.8. The zero-order valence-corrected chi connectivity index (χ0v) is 19.1. The molecule has 0 radical (unpaired) electrons. The number of benzene rings is 3. The summed E-state index contributed by atoms with van der Waals surface area (Å²) >= 11 is 0. The van der Waals surface area contributed by atoms with Crippen molar-refractivity contribution in [3.8, 4) is 5.69 Å². The molecule has 1 aromatic heterocycles. The first kappa shape index (κ1) is 22.0. The molecule has 0 amide bonds. The number of nitrogens with one attached hydrogen (secondary N) is 1. The van der Waals surface area contributed by atoms with Crippen LogP contribution in [0, 0.1) is 18.6 Å². The van der Waals surface area contributed by atoms with Gasteiger partial charge in [0.15, 0.2) is 0 Å². The van der Waals surface area contributed by atoms with Crippen molar-refractivity contribution in [1.29, 1.82) is 0 Å². The van der Waals surface area contributed by atoms with Crippen LogP contribution < -0.4 is 15.8 Å². The summed E-state index contributed by atoms with van der Waals surface area (Å²) in [5.74, 6) is -1.33. The molecular formula is C26H25F2N5O. The van der Waals surface area contributed by atoms with E-state index in [1.54, 1.807) is 12.1 Å². The van der Waals surface area contributed by atoms with E-state index < -0.39 is 11.6 Å². The Balaban J connectivity index is 1.52. The molecule has 0 aliphatic carbocycles. The van der Waals surface area contributed by atoms with E-state index in [2.05, 4.69) is 27.1 Å². The molecule has 1 N–H and O–H groups in total. The molecule has 2 heterocycles. The van der Waals surface area contributed by atoms with Crippen molar-refractivity contribution in [3.05, 3.63) is 88.5 Å². The summed E-state index contributed by atoms with van der Waals surface area (Å²) in [6.45, 7) is 5.67. The van der Waals surface area contributed by atoms with Gasteiger partial charge in [0.05, 0.1) is 16.6 Å². The number of rotatable bonds is 4. The summed E-state index contributed by atoms with van der Waals surface area (Å²) < 4.78 is 28.7. The molecule has 5 rings (SSSR count). The molecule has 0 saturated carbocycles. The summed E-state index contributed by atoms with van der Waals surface area (Å²) in [6, 6.07) is 14.5. The summed E-state index contributed by atoms with van der Waals surface area (Å²) in [5.41, 5.74) is 3.88. The molecule has 34 heavy (non-hydrogen) atoms. The van der Waals surface area contributed by atoms with Gasteiger partial charge in [0.2, 0.25) is 0 Å². The van der Waals surface area contributed by atoms with E-state index in [4.69, 9.17) is 0 Å².